The number of aromatic amines is 1. The van der Waals surface area contributed by atoms with Crippen LogP contribution in [0, 0.1) is 0 Å². The molecule has 2 aromatic heterocycles. The van der Waals surface area contributed by atoms with Crippen molar-refractivity contribution in [3.63, 3.8) is 0 Å². The number of nitrogens with one attached hydrogen (secondary N) is 2. The number of nitrogens with two attached hydrogens (primary N) is 1. The highest BCUT2D eigenvalue weighted by Crippen LogP contribution is 2.34. The van der Waals surface area contributed by atoms with Gasteiger partial charge in [-0.3, -0.25) is 0 Å². The number of thioether (sulfide) groups is 1. The molecule has 0 saturated carbocycles. The van der Waals surface area contributed by atoms with E-state index < -0.39 is 18.2 Å². The van der Waals surface area contributed by atoms with Crippen molar-refractivity contribution in [2.24, 2.45) is 0 Å². The van der Waals surface area contributed by atoms with Crippen molar-refractivity contribution in [2.75, 3.05) is 11.5 Å². The van der Waals surface area contributed by atoms with E-state index in [1.54, 1.807) is 18.0 Å². The number of aromatic nitrogens is 3. The summed E-state index contributed by atoms with van der Waals surface area (Å²) in [5.74, 6) is 0.941. The van der Waals surface area contributed by atoms with Gasteiger partial charge in [-0.1, -0.05) is 17.7 Å². The van der Waals surface area contributed by atoms with E-state index in [2.05, 4.69) is 20.3 Å². The van der Waals surface area contributed by atoms with E-state index in [9.17, 15) is 10.2 Å². The van der Waals surface area contributed by atoms with E-state index in [0.29, 0.717) is 27.6 Å². The maximum Gasteiger partial charge on any atom is 0.151 e. The molecular formula is C17H18ClN5O2S. The normalized spacial score (nSPS) is 25.8. The summed E-state index contributed by atoms with van der Waals surface area (Å²) in [6.07, 6.45) is 1.29. The second-order valence-corrected chi connectivity index (χ2v) is 7.76. The standard InChI is InChI=1S/C17H18ClN5O2S/c18-8-2-1-3-9(4-8)26-6-11-15(24)16(25)13(23-11)10-5-20-14-12(10)21-7-22-17(14)19/h1-5,7,11,13,15-16,20,23-25H,6H2,(H2,19,21,22). The highest BCUT2D eigenvalue weighted by atomic mass is 35.5. The summed E-state index contributed by atoms with van der Waals surface area (Å²) in [5.41, 5.74) is 7.88. The number of fused-ring (bicyclic) bond motifs is 1. The van der Waals surface area contributed by atoms with Gasteiger partial charge in [0.25, 0.3) is 0 Å². The molecule has 7 nitrogen and oxygen atoms in total. The van der Waals surface area contributed by atoms with Crippen LogP contribution in [0.3, 0.4) is 0 Å². The van der Waals surface area contributed by atoms with Gasteiger partial charge in [-0.15, -0.1) is 11.8 Å². The monoisotopic (exact) mass is 391 g/mol. The Balaban J connectivity index is 1.53. The van der Waals surface area contributed by atoms with Gasteiger partial charge in [0.15, 0.2) is 5.82 Å². The van der Waals surface area contributed by atoms with E-state index in [1.807, 2.05) is 24.3 Å². The fraction of sp³-hybridized carbons (Fsp3) is 0.294. The third-order valence-corrected chi connectivity index (χ3v) is 5.93. The van der Waals surface area contributed by atoms with E-state index in [0.717, 1.165) is 10.5 Å². The topological polar surface area (TPSA) is 120 Å². The van der Waals surface area contributed by atoms with Gasteiger partial charge in [0.1, 0.15) is 17.9 Å². The number of nitrogens with zero attached hydrogens (tertiary/aromatic N) is 2. The van der Waals surface area contributed by atoms with Crippen molar-refractivity contribution < 1.29 is 10.2 Å². The smallest absolute Gasteiger partial charge is 0.151 e. The van der Waals surface area contributed by atoms with Crippen LogP contribution in [0.4, 0.5) is 5.82 Å². The van der Waals surface area contributed by atoms with Crippen LogP contribution in [0.25, 0.3) is 11.0 Å². The average molecular weight is 392 g/mol. The average Bonchev–Trinajstić information content (AvgIpc) is 3.17. The summed E-state index contributed by atoms with van der Waals surface area (Å²) in [4.78, 5) is 12.3. The van der Waals surface area contributed by atoms with E-state index in [1.165, 1.54) is 6.33 Å². The number of aliphatic hydroxyl groups is 2. The minimum absolute atomic E-state index is 0.275. The van der Waals surface area contributed by atoms with Gasteiger partial charge < -0.3 is 26.2 Å². The Labute approximate surface area is 159 Å². The number of hydrogen-bond acceptors (Lipinski definition) is 7. The van der Waals surface area contributed by atoms with Gasteiger partial charge in [0.05, 0.1) is 17.7 Å². The molecule has 3 heterocycles. The van der Waals surface area contributed by atoms with Crippen molar-refractivity contribution in [2.45, 2.75) is 29.2 Å². The fourth-order valence-corrected chi connectivity index (χ4v) is 4.55. The molecule has 1 saturated heterocycles. The number of anilines is 1. The van der Waals surface area contributed by atoms with Crippen LogP contribution in [0.2, 0.25) is 5.02 Å². The lowest BCUT2D eigenvalue weighted by molar-refractivity contribution is 0.0308. The molecule has 9 heteroatoms. The Morgan fingerprint density at radius 1 is 1.23 bits per heavy atom. The molecule has 1 fully saturated rings. The van der Waals surface area contributed by atoms with E-state index >= 15 is 0 Å². The Morgan fingerprint density at radius 3 is 2.88 bits per heavy atom. The molecule has 0 amide bonds. The molecule has 136 valence electrons. The SMILES string of the molecule is Nc1ncnc2c(C3NC(CSc4cccc(Cl)c4)C(O)C3O)c[nH]c12. The summed E-state index contributed by atoms with van der Waals surface area (Å²) in [7, 11) is 0. The molecule has 1 aliphatic rings. The molecule has 1 aromatic carbocycles. The first kappa shape index (κ1) is 17.6. The highest BCUT2D eigenvalue weighted by molar-refractivity contribution is 7.99. The molecule has 4 rings (SSSR count). The fourth-order valence-electron chi connectivity index (χ4n) is 3.24. The van der Waals surface area contributed by atoms with Crippen LogP contribution < -0.4 is 11.1 Å². The van der Waals surface area contributed by atoms with Gasteiger partial charge in [0.2, 0.25) is 0 Å². The second kappa shape index (κ2) is 7.05. The number of halogens is 1. The third-order valence-electron chi connectivity index (χ3n) is 4.58. The van der Waals surface area contributed by atoms with Gasteiger partial charge in [-0.25, -0.2) is 9.97 Å². The van der Waals surface area contributed by atoms with Crippen molar-refractivity contribution in [1.82, 2.24) is 20.3 Å². The first-order valence-corrected chi connectivity index (χ1v) is 9.49. The van der Waals surface area contributed by atoms with Crippen LogP contribution in [0.1, 0.15) is 11.6 Å². The zero-order valence-electron chi connectivity index (χ0n) is 13.6. The van der Waals surface area contributed by atoms with Gasteiger partial charge in [-0.2, -0.15) is 0 Å². The maximum atomic E-state index is 10.5. The summed E-state index contributed by atoms with van der Waals surface area (Å²) >= 11 is 7.58. The molecule has 4 unspecified atom stereocenters. The second-order valence-electron chi connectivity index (χ2n) is 6.23. The zero-order valence-corrected chi connectivity index (χ0v) is 15.2. The minimum Gasteiger partial charge on any atom is -0.389 e. The molecule has 0 aliphatic carbocycles. The molecule has 4 atom stereocenters. The van der Waals surface area contributed by atoms with E-state index in [4.69, 9.17) is 17.3 Å². The van der Waals surface area contributed by atoms with Gasteiger partial charge in [-0.05, 0) is 18.2 Å². The van der Waals surface area contributed by atoms with Crippen molar-refractivity contribution in [1.29, 1.82) is 0 Å². The van der Waals surface area contributed by atoms with Gasteiger partial charge >= 0.3 is 0 Å². The van der Waals surface area contributed by atoms with Crippen LogP contribution in [-0.4, -0.2) is 49.2 Å². The van der Waals surface area contributed by atoms with Crippen molar-refractivity contribution >= 4 is 40.2 Å². The summed E-state index contributed by atoms with van der Waals surface area (Å²) in [6, 6.07) is 6.82. The van der Waals surface area contributed by atoms with E-state index in [-0.39, 0.29) is 6.04 Å². The van der Waals surface area contributed by atoms with Crippen molar-refractivity contribution in [3.05, 3.63) is 47.4 Å². The zero-order chi connectivity index (χ0) is 18.3. The number of hydrogen-bond donors (Lipinski definition) is 5. The lowest BCUT2D eigenvalue weighted by atomic mass is 10.0. The Hall–Kier alpha value is -1.84. The molecular weight excluding hydrogens is 374 g/mol. The number of nitrogen functional groups attached to an aromatic ring is 1. The lowest BCUT2D eigenvalue weighted by Crippen LogP contribution is -2.35. The first-order chi connectivity index (χ1) is 12.5. The molecule has 26 heavy (non-hydrogen) atoms. The lowest BCUT2D eigenvalue weighted by Gasteiger charge is -2.15. The maximum absolute atomic E-state index is 10.5. The Kier molecular flexibility index (Phi) is 4.76. The Bertz CT molecular complexity index is 936. The molecule has 0 bridgehead atoms. The Morgan fingerprint density at radius 2 is 2.08 bits per heavy atom. The van der Waals surface area contributed by atoms with Gasteiger partial charge in [0, 0.05) is 33.5 Å². The predicted octanol–water partition coefficient (Wildman–Crippen LogP) is 1.72. The number of rotatable bonds is 4. The highest BCUT2D eigenvalue weighted by Gasteiger charge is 2.42. The van der Waals surface area contributed by atoms with Crippen LogP contribution in [-0.2, 0) is 0 Å². The molecule has 0 radical (unpaired) electrons. The summed E-state index contributed by atoms with van der Waals surface area (Å²) in [6.45, 7) is 0. The molecule has 0 spiro atoms. The molecule has 3 aromatic rings. The van der Waals surface area contributed by atoms with Crippen LogP contribution >= 0.6 is 23.4 Å². The molecule has 1 aliphatic heterocycles. The van der Waals surface area contributed by atoms with Crippen LogP contribution in [0.5, 0.6) is 0 Å². The number of H-pyrrole nitrogens is 1. The third kappa shape index (κ3) is 3.15. The predicted molar refractivity (Wildman–Crippen MR) is 102 cm³/mol. The quantitative estimate of drug-likeness (QED) is 0.429. The van der Waals surface area contributed by atoms with Crippen molar-refractivity contribution in [3.8, 4) is 0 Å². The summed E-state index contributed by atoms with van der Waals surface area (Å²) in [5, 5.41) is 25.0. The number of aliphatic hydroxyl groups excluding tert-OH is 2. The largest absolute Gasteiger partial charge is 0.389 e. The summed E-state index contributed by atoms with van der Waals surface area (Å²) < 4.78 is 0. The van der Waals surface area contributed by atoms with Crippen LogP contribution in [0.15, 0.2) is 41.7 Å². The first-order valence-electron chi connectivity index (χ1n) is 8.12. The number of benzene rings is 1. The minimum atomic E-state index is -0.949. The molecule has 6 N–H and O–H groups in total.